The van der Waals surface area contributed by atoms with Gasteiger partial charge in [0.2, 0.25) is 0 Å². The molecule has 7 N–H and O–H groups in total. The van der Waals surface area contributed by atoms with Gasteiger partial charge in [-0.25, -0.2) is 0 Å². The second-order valence-electron chi connectivity index (χ2n) is 23.0. The first-order valence-electron chi connectivity index (χ1n) is 33.9. The summed E-state index contributed by atoms with van der Waals surface area (Å²) in [6.45, 7) is 10.9. The summed E-state index contributed by atoms with van der Waals surface area (Å²) >= 11 is 20.1. The number of benzene rings is 2. The van der Waals surface area contributed by atoms with Gasteiger partial charge in [-0.15, -0.1) is 0 Å². The maximum atomic E-state index is 7.86. The zero-order chi connectivity index (χ0) is 64.5. The highest BCUT2D eigenvalue weighted by Crippen LogP contribution is 2.29. The number of thioether (sulfide) groups is 6. The van der Waals surface area contributed by atoms with Crippen LogP contribution in [0.3, 0.4) is 0 Å². The minimum Gasteiger partial charge on any atom is -0.513 e. The predicted molar refractivity (Wildman–Crippen MR) is 409 cm³/mol. The van der Waals surface area contributed by atoms with Crippen LogP contribution < -0.4 is 0 Å². The maximum Gasteiger partial charge on any atom is 0.319 e. The molecule has 508 valence electrons. The zero-order valence-electron chi connectivity index (χ0n) is 55.9. The van der Waals surface area contributed by atoms with E-state index in [2.05, 4.69) is 179 Å². The van der Waals surface area contributed by atoms with Crippen LogP contribution in [0.25, 0.3) is 0 Å². The first-order valence-corrected chi connectivity index (χ1v) is 46.2. The lowest BCUT2D eigenvalue weighted by Crippen LogP contribution is -1.94. The van der Waals surface area contributed by atoms with E-state index < -0.39 is 13.4 Å². The van der Waals surface area contributed by atoms with Gasteiger partial charge >= 0.3 is 13.4 Å². The average molecular weight is 1390 g/mol. The van der Waals surface area contributed by atoms with Gasteiger partial charge < -0.3 is 34.5 Å². The van der Waals surface area contributed by atoms with Crippen LogP contribution in [0.15, 0.2) is 48.7 Å². The molecule has 0 aliphatic rings. The monoisotopic (exact) mass is 1390 g/mol. The minimum absolute atomic E-state index is 0.167. The molecule has 0 aliphatic carbocycles. The summed E-state index contributed by atoms with van der Waals surface area (Å²) in [5.74, 6) is 15.3. The Morgan fingerprint density at radius 3 is 0.512 bits per heavy atom. The molecule has 0 radical (unpaired) electrons. The molecule has 0 spiro atoms. The fourth-order valence-corrected chi connectivity index (χ4v) is 15.0. The first kappa shape index (κ1) is 91.3. The fourth-order valence-electron chi connectivity index (χ4n) is 9.23. The van der Waals surface area contributed by atoms with Crippen LogP contribution in [0, 0.1) is 0 Å². The number of aliphatic hydroxyl groups excluding tert-OH is 1. The van der Waals surface area contributed by atoms with Crippen LogP contribution in [0.1, 0.15) is 313 Å². The van der Waals surface area contributed by atoms with E-state index in [4.69, 9.17) is 34.5 Å². The molecule has 0 fully saturated rings. The second kappa shape index (κ2) is 70.5. The van der Waals surface area contributed by atoms with Gasteiger partial charge in [-0.1, -0.05) is 277 Å². The van der Waals surface area contributed by atoms with Gasteiger partial charge in [-0.3, -0.25) is 0 Å². The molecule has 7 nitrogen and oxygen atoms in total. The molecular weight excluding hydrogens is 1260 g/mol. The molecule has 2 aromatic rings. The Hall–Kier alpha value is 1.14. The Kier molecular flexibility index (Phi) is 74.8. The van der Waals surface area contributed by atoms with E-state index in [9.17, 15) is 0 Å². The Morgan fingerprint density at radius 1 is 0.291 bits per heavy atom. The summed E-state index contributed by atoms with van der Waals surface area (Å²) in [7, 11) is 0. The largest absolute Gasteiger partial charge is 0.513 e. The molecule has 0 bridgehead atoms. The molecule has 0 atom stereocenters. The van der Waals surface area contributed by atoms with Crippen LogP contribution in [-0.2, 0) is 58.1 Å². The Balaban J connectivity index is -0.00000131. The predicted octanol–water partition coefficient (Wildman–Crippen LogP) is 24.4. The Morgan fingerprint density at radius 2 is 0.395 bits per heavy atom. The molecule has 0 heterocycles. The van der Waals surface area contributed by atoms with Gasteiger partial charge in [-0.05, 0) is 137 Å². The molecule has 0 saturated heterocycles. The van der Waals surface area contributed by atoms with E-state index in [0.717, 1.165) is 0 Å². The van der Waals surface area contributed by atoms with Crippen LogP contribution >= 0.6 is 84.0 Å². The third-order valence-corrected chi connectivity index (χ3v) is 20.4. The third-order valence-electron chi connectivity index (χ3n) is 13.7. The van der Waals surface area contributed by atoms with Crippen molar-refractivity contribution >= 4 is 108 Å². The van der Waals surface area contributed by atoms with Crippen molar-refractivity contribution in [3.63, 3.8) is 0 Å². The van der Waals surface area contributed by atoms with Gasteiger partial charge in [0, 0.05) is 34.5 Å². The van der Waals surface area contributed by atoms with E-state index in [0.29, 0.717) is 0 Å². The normalized spacial score (nSPS) is 11.2. The molecule has 2 aromatic carbocycles. The van der Waals surface area contributed by atoms with Gasteiger partial charge in [0.15, 0.2) is 0 Å². The smallest absolute Gasteiger partial charge is 0.319 e. The zero-order valence-corrected chi connectivity index (χ0v) is 64.2. The lowest BCUT2D eigenvalue weighted by atomic mass is 10.1. The third kappa shape index (κ3) is 83.2. The number of hydrogen-bond acceptors (Lipinski definition) is 9. The van der Waals surface area contributed by atoms with Gasteiger partial charge in [-0.2, -0.15) is 70.6 Å². The standard InChI is InChI=1S/2C33H60S3.C3H6O.2H3O3PS/c2*1-4-7-10-13-16-19-22-34-28-31-25-32(29-35-23-20-17-14-11-8-5-2)27-33(26-31)30-36-24-21-18-15-12-9-6-3;1-3(2)4;2*1-4(2,3)5/h2*25-27H,4-24,28-30H2,1-3H3;4H,1H2,2H3;2*(H3,1,2,3,5). The van der Waals surface area contributed by atoms with Crippen molar-refractivity contribution in [1.29, 1.82) is 0 Å². The van der Waals surface area contributed by atoms with Crippen LogP contribution in [0.2, 0.25) is 0 Å². The highest BCUT2D eigenvalue weighted by molar-refractivity contribution is 8.06. The molecule has 17 heteroatoms. The SMILES string of the molecule is C=C(C)O.CCCCCCCCSCc1cc(CSCCCCCCCC)cc(CSCCCCCCCC)c1.CCCCCCCCSCc1cc(CSCCCCCCCC)cc(CSCCCCCCCC)c1.OP(O)(O)=S.OP(O)(O)=S. The van der Waals surface area contributed by atoms with E-state index in [1.54, 1.807) is 33.4 Å². The first-order chi connectivity index (χ1) is 41.3. The van der Waals surface area contributed by atoms with Gasteiger partial charge in [0.1, 0.15) is 0 Å². The number of aliphatic hydroxyl groups is 1. The topological polar surface area (TPSA) is 142 Å². The molecule has 0 saturated carbocycles. The molecular formula is C69H132O7P2S8. The summed E-state index contributed by atoms with van der Waals surface area (Å²) in [4.78, 5) is 45.3. The van der Waals surface area contributed by atoms with Gasteiger partial charge in [0.05, 0.1) is 5.76 Å². The fraction of sp³-hybridized carbons (Fsp3) is 0.797. The molecule has 2 rings (SSSR count). The Bertz CT molecular complexity index is 1510. The number of unbranched alkanes of at least 4 members (excludes halogenated alkanes) is 30. The van der Waals surface area contributed by atoms with E-state index in [-0.39, 0.29) is 5.76 Å². The lowest BCUT2D eigenvalue weighted by Gasteiger charge is -2.11. The maximum absolute atomic E-state index is 7.86. The summed E-state index contributed by atoms with van der Waals surface area (Å²) in [5, 5.41) is 7.86. The van der Waals surface area contributed by atoms with Crippen molar-refractivity contribution in [3.05, 3.63) is 82.1 Å². The number of hydrogen-bond donors (Lipinski definition) is 7. The van der Waals surface area contributed by atoms with Crippen molar-refractivity contribution < 1.29 is 34.5 Å². The van der Waals surface area contributed by atoms with Gasteiger partial charge in [0.25, 0.3) is 0 Å². The lowest BCUT2D eigenvalue weighted by molar-refractivity contribution is 0.361. The summed E-state index contributed by atoms with van der Waals surface area (Å²) in [5.41, 5.74) is 9.41. The van der Waals surface area contributed by atoms with E-state index >= 15 is 0 Å². The average Bonchev–Trinajstić information content (AvgIpc) is 3.51. The molecule has 0 aromatic heterocycles. The van der Waals surface area contributed by atoms with E-state index in [1.807, 2.05) is 0 Å². The van der Waals surface area contributed by atoms with Crippen LogP contribution in [0.4, 0.5) is 0 Å². The summed E-state index contributed by atoms with van der Waals surface area (Å²) in [6, 6.07) is 15.1. The van der Waals surface area contributed by atoms with Crippen molar-refractivity contribution in [3.8, 4) is 0 Å². The summed E-state index contributed by atoms with van der Waals surface area (Å²) < 4.78 is 0. The quantitative estimate of drug-likeness (QED) is 0.0192. The molecule has 86 heavy (non-hydrogen) atoms. The van der Waals surface area contributed by atoms with Crippen molar-refractivity contribution in [2.45, 2.75) is 314 Å². The second-order valence-corrected chi connectivity index (χ2v) is 34.6. The van der Waals surface area contributed by atoms with Crippen molar-refractivity contribution in [1.82, 2.24) is 0 Å². The minimum atomic E-state index is -3.81. The molecule has 0 amide bonds. The Labute approximate surface area is 568 Å². The number of allylic oxidation sites excluding steroid dienone is 1. The molecule has 0 aliphatic heterocycles. The van der Waals surface area contributed by atoms with Crippen molar-refractivity contribution in [2.75, 3.05) is 34.5 Å². The summed E-state index contributed by atoms with van der Waals surface area (Å²) in [6.07, 6.45) is 50.6. The van der Waals surface area contributed by atoms with Crippen LogP contribution in [0.5, 0.6) is 0 Å². The highest BCUT2D eigenvalue weighted by atomic mass is 32.5. The van der Waals surface area contributed by atoms with Crippen LogP contribution in [-0.4, -0.2) is 69.0 Å². The number of rotatable bonds is 54. The molecule has 0 unspecified atom stereocenters. The highest BCUT2D eigenvalue weighted by Gasteiger charge is 2.07. The van der Waals surface area contributed by atoms with E-state index in [1.165, 1.54) is 307 Å². The van der Waals surface area contributed by atoms with Crippen molar-refractivity contribution in [2.24, 2.45) is 0 Å².